The van der Waals surface area contributed by atoms with Crippen LogP contribution in [-0.4, -0.2) is 28.5 Å². The number of nitrogens with zero attached hydrogens (tertiary/aromatic N) is 1. The molecule has 1 amide bonds. The van der Waals surface area contributed by atoms with Crippen LogP contribution in [0, 0.1) is 0 Å². The Balaban J connectivity index is 2.22. The van der Waals surface area contributed by atoms with Crippen LogP contribution in [0.2, 0.25) is 0 Å². The Kier molecular flexibility index (Phi) is 5.40. The lowest BCUT2D eigenvalue weighted by atomic mass is 10.2. The lowest BCUT2D eigenvalue weighted by molar-refractivity contribution is -0.114. The molecule has 2 rings (SSSR count). The number of carboxylic acids is 1. The van der Waals surface area contributed by atoms with Gasteiger partial charge in [-0.1, -0.05) is 30.3 Å². The summed E-state index contributed by atoms with van der Waals surface area (Å²) >= 11 is 0. The molecule has 0 aliphatic heterocycles. The fourth-order valence-electron chi connectivity index (χ4n) is 1.88. The molecule has 0 radical (unpaired) electrons. The van der Waals surface area contributed by atoms with Gasteiger partial charge in [-0.2, -0.15) is 5.10 Å². The van der Waals surface area contributed by atoms with Gasteiger partial charge in [-0.3, -0.25) is 15.0 Å². The van der Waals surface area contributed by atoms with Crippen molar-refractivity contribution in [3.63, 3.8) is 0 Å². The van der Waals surface area contributed by atoms with Crippen LogP contribution in [0.25, 0.3) is 0 Å². The average Bonchev–Trinajstić information content (AvgIpc) is 2.56. The van der Waals surface area contributed by atoms with Crippen LogP contribution in [0.4, 0.5) is 11.4 Å². The smallest absolute Gasteiger partial charge is 0.337 e. The fourth-order valence-corrected chi connectivity index (χ4v) is 1.88. The molecule has 3 N–H and O–H groups in total. The van der Waals surface area contributed by atoms with Crippen molar-refractivity contribution >= 4 is 34.7 Å². The molecule has 122 valence electrons. The molecule has 0 aliphatic carbocycles. The van der Waals surface area contributed by atoms with Crippen LogP contribution in [0.1, 0.15) is 17.3 Å². The zero-order valence-corrected chi connectivity index (χ0v) is 12.8. The molecule has 0 spiro atoms. The zero-order valence-electron chi connectivity index (χ0n) is 12.8. The highest BCUT2D eigenvalue weighted by atomic mass is 16.4. The summed E-state index contributed by atoms with van der Waals surface area (Å²) in [7, 11) is 0. The number of hydrogen-bond donors (Lipinski definition) is 3. The summed E-state index contributed by atoms with van der Waals surface area (Å²) < 4.78 is 0. The lowest BCUT2D eigenvalue weighted by Gasteiger charge is -2.08. The summed E-state index contributed by atoms with van der Waals surface area (Å²) in [5.74, 6) is -2.39. The maximum absolute atomic E-state index is 12.2. The molecule has 2 aromatic carbocycles. The number of rotatable bonds is 6. The van der Waals surface area contributed by atoms with Gasteiger partial charge >= 0.3 is 5.97 Å². The summed E-state index contributed by atoms with van der Waals surface area (Å²) in [6.45, 7) is 1.20. The Labute approximate surface area is 138 Å². The van der Waals surface area contributed by atoms with Crippen LogP contribution in [0.5, 0.6) is 0 Å². The van der Waals surface area contributed by atoms with E-state index in [1.807, 2.05) is 0 Å². The number of aromatic carboxylic acids is 1. The molecule has 0 heterocycles. The van der Waals surface area contributed by atoms with E-state index in [0.29, 0.717) is 5.69 Å². The first-order valence-corrected chi connectivity index (χ1v) is 7.02. The number of hydrogen-bond acceptors (Lipinski definition) is 5. The van der Waals surface area contributed by atoms with Gasteiger partial charge in [0.15, 0.2) is 11.5 Å². The first kappa shape index (κ1) is 16.9. The molecule has 0 fully saturated rings. The van der Waals surface area contributed by atoms with Gasteiger partial charge in [0, 0.05) is 12.6 Å². The number of benzene rings is 2. The van der Waals surface area contributed by atoms with E-state index in [1.54, 1.807) is 42.5 Å². The van der Waals surface area contributed by atoms with Gasteiger partial charge < -0.3 is 10.4 Å². The quantitative estimate of drug-likeness (QED) is 0.429. The number of ketones is 1. The molecule has 0 saturated carbocycles. The minimum Gasteiger partial charge on any atom is -0.478 e. The van der Waals surface area contributed by atoms with Crippen molar-refractivity contribution in [2.75, 3.05) is 10.7 Å². The summed E-state index contributed by atoms with van der Waals surface area (Å²) in [5.41, 5.74) is 2.78. The number of anilines is 2. The van der Waals surface area contributed by atoms with Crippen molar-refractivity contribution in [1.82, 2.24) is 0 Å². The molecule has 0 bridgehead atoms. The molecule has 0 atom stereocenters. The summed E-state index contributed by atoms with van der Waals surface area (Å²) in [5, 5.41) is 15.4. The van der Waals surface area contributed by atoms with Crippen molar-refractivity contribution < 1.29 is 19.5 Å². The predicted octanol–water partition coefficient (Wildman–Crippen LogP) is 2.38. The largest absolute Gasteiger partial charge is 0.478 e. The topological polar surface area (TPSA) is 108 Å². The monoisotopic (exact) mass is 325 g/mol. The van der Waals surface area contributed by atoms with Gasteiger partial charge in [-0.15, -0.1) is 0 Å². The third kappa shape index (κ3) is 4.26. The number of carbonyl (C=O) groups excluding carboxylic acids is 2. The number of nitrogens with one attached hydrogen (secondary N) is 2. The molecule has 0 saturated heterocycles. The van der Waals surface area contributed by atoms with Gasteiger partial charge in [0.25, 0.3) is 5.91 Å². The Bertz CT molecular complexity index is 800. The third-order valence-corrected chi connectivity index (χ3v) is 3.03. The molecule has 0 aromatic heterocycles. The maximum atomic E-state index is 12.2. The second-order valence-corrected chi connectivity index (χ2v) is 4.80. The molecular formula is C17H15N3O4. The number of carboxylic acid groups (broad SMARTS) is 1. The van der Waals surface area contributed by atoms with Crippen LogP contribution in [0.3, 0.4) is 0 Å². The Morgan fingerprint density at radius 2 is 1.58 bits per heavy atom. The van der Waals surface area contributed by atoms with E-state index < -0.39 is 17.7 Å². The molecule has 2 aromatic rings. The van der Waals surface area contributed by atoms with Crippen LogP contribution in [-0.2, 0) is 9.59 Å². The van der Waals surface area contributed by atoms with Gasteiger partial charge in [0.05, 0.1) is 11.3 Å². The van der Waals surface area contributed by atoms with Crippen molar-refractivity contribution in [3.8, 4) is 0 Å². The van der Waals surface area contributed by atoms with E-state index in [0.717, 1.165) is 0 Å². The standard InChI is InChI=1S/C17H15N3O4/c1-11(21)15(16(22)18-12-7-3-2-4-8-12)20-19-14-10-6-5-9-13(14)17(23)24/h2-10,19H,1H3,(H,18,22)(H,23,24)/b20-15+. The highest BCUT2D eigenvalue weighted by molar-refractivity contribution is 6.67. The zero-order chi connectivity index (χ0) is 17.5. The highest BCUT2D eigenvalue weighted by Gasteiger charge is 2.17. The molecule has 7 nitrogen and oxygen atoms in total. The summed E-state index contributed by atoms with van der Waals surface area (Å²) in [6, 6.07) is 14.7. The van der Waals surface area contributed by atoms with Gasteiger partial charge in [0.2, 0.25) is 0 Å². The molecule has 7 heteroatoms. The number of para-hydroxylation sites is 2. The van der Waals surface area contributed by atoms with E-state index in [2.05, 4.69) is 15.8 Å². The van der Waals surface area contributed by atoms with Gasteiger partial charge in [-0.25, -0.2) is 4.79 Å². The first-order chi connectivity index (χ1) is 11.5. The van der Waals surface area contributed by atoms with Gasteiger partial charge in [0.1, 0.15) is 0 Å². The van der Waals surface area contributed by atoms with Crippen molar-refractivity contribution in [3.05, 3.63) is 60.2 Å². The van der Waals surface area contributed by atoms with Crippen molar-refractivity contribution in [2.24, 2.45) is 5.10 Å². The van der Waals surface area contributed by atoms with E-state index >= 15 is 0 Å². The average molecular weight is 325 g/mol. The second-order valence-electron chi connectivity index (χ2n) is 4.80. The Morgan fingerprint density at radius 1 is 0.958 bits per heavy atom. The normalized spacial score (nSPS) is 10.8. The highest BCUT2D eigenvalue weighted by Crippen LogP contribution is 2.15. The second kappa shape index (κ2) is 7.68. The number of amides is 1. The number of hydrazone groups is 1. The van der Waals surface area contributed by atoms with E-state index in [1.165, 1.54) is 19.1 Å². The minimum absolute atomic E-state index is 0.0207. The summed E-state index contributed by atoms with van der Waals surface area (Å²) in [6.07, 6.45) is 0. The Morgan fingerprint density at radius 3 is 2.21 bits per heavy atom. The van der Waals surface area contributed by atoms with Gasteiger partial charge in [-0.05, 0) is 24.3 Å². The van der Waals surface area contributed by atoms with Crippen LogP contribution < -0.4 is 10.7 Å². The van der Waals surface area contributed by atoms with Crippen LogP contribution in [0.15, 0.2) is 59.7 Å². The molecule has 24 heavy (non-hydrogen) atoms. The van der Waals surface area contributed by atoms with Crippen LogP contribution >= 0.6 is 0 Å². The fraction of sp³-hybridized carbons (Fsp3) is 0.0588. The number of carbonyl (C=O) groups is 3. The third-order valence-electron chi connectivity index (χ3n) is 3.03. The minimum atomic E-state index is -1.15. The number of Topliss-reactive ketones (excluding diaryl/α,β-unsaturated/α-hetero) is 1. The lowest BCUT2D eigenvalue weighted by Crippen LogP contribution is -2.29. The molecular weight excluding hydrogens is 310 g/mol. The maximum Gasteiger partial charge on any atom is 0.337 e. The van der Waals surface area contributed by atoms with Crippen molar-refractivity contribution in [1.29, 1.82) is 0 Å². The molecule has 0 aliphatic rings. The summed E-state index contributed by atoms with van der Waals surface area (Å²) in [4.78, 5) is 35.0. The SMILES string of the molecule is CC(=O)/C(=N\Nc1ccccc1C(=O)O)C(=O)Nc1ccccc1. The van der Waals surface area contributed by atoms with Crippen molar-refractivity contribution in [2.45, 2.75) is 6.92 Å². The first-order valence-electron chi connectivity index (χ1n) is 7.02. The van der Waals surface area contributed by atoms with E-state index in [4.69, 9.17) is 5.11 Å². The van der Waals surface area contributed by atoms with E-state index in [-0.39, 0.29) is 17.0 Å². The molecule has 0 unspecified atom stereocenters. The Hall–Kier alpha value is -3.48. The van der Waals surface area contributed by atoms with E-state index in [9.17, 15) is 14.4 Å². The predicted molar refractivity (Wildman–Crippen MR) is 90.2 cm³/mol.